The molecule has 1 aromatic carbocycles. The van der Waals surface area contributed by atoms with Crippen LogP contribution in [0.1, 0.15) is 50.7 Å². The van der Waals surface area contributed by atoms with Crippen LogP contribution in [0, 0.1) is 17.2 Å². The number of alkyl halides is 3. The highest BCUT2D eigenvalue weighted by atomic mass is 19.4. The third-order valence-electron chi connectivity index (χ3n) is 8.29. The number of piperidine rings is 4. The summed E-state index contributed by atoms with van der Waals surface area (Å²) in [5.41, 5.74) is -0.876. The highest BCUT2D eigenvalue weighted by molar-refractivity contribution is 5.92. The zero-order valence-corrected chi connectivity index (χ0v) is 21.9. The number of anilines is 4. The van der Waals surface area contributed by atoms with Crippen LogP contribution in [0.15, 0.2) is 24.3 Å². The molecule has 0 saturated carbocycles. The maximum Gasteiger partial charge on any atom is 0.416 e. The molecular formula is C27H36F3N7O. The van der Waals surface area contributed by atoms with Crippen LogP contribution in [-0.4, -0.2) is 70.6 Å². The Morgan fingerprint density at radius 3 is 2.34 bits per heavy atom. The molecule has 4 aliphatic heterocycles. The molecule has 6 rings (SSSR count). The van der Waals surface area contributed by atoms with E-state index in [1.54, 1.807) is 6.07 Å². The summed E-state index contributed by atoms with van der Waals surface area (Å²) in [7, 11) is 0. The molecule has 0 spiro atoms. The minimum Gasteiger partial charge on any atom is -0.390 e. The van der Waals surface area contributed by atoms with Gasteiger partial charge in [0, 0.05) is 37.6 Å². The van der Waals surface area contributed by atoms with Crippen LogP contribution in [0.3, 0.4) is 0 Å². The first-order valence-electron chi connectivity index (χ1n) is 13.3. The highest BCUT2D eigenvalue weighted by Crippen LogP contribution is 2.36. The van der Waals surface area contributed by atoms with Crippen molar-refractivity contribution in [3.05, 3.63) is 35.4 Å². The number of hydrogen-bond donors (Lipinski definition) is 4. The monoisotopic (exact) mass is 531 g/mol. The van der Waals surface area contributed by atoms with Crippen molar-refractivity contribution in [3.8, 4) is 0 Å². The second-order valence-corrected chi connectivity index (χ2v) is 11.3. The predicted octanol–water partition coefficient (Wildman–Crippen LogP) is 4.73. The van der Waals surface area contributed by atoms with E-state index < -0.39 is 17.3 Å². The SMILES string of the molecule is CC(C)(O)C1CCN(c2nc(N[C@@H]3CN4CCC3CC4)nc(Nc3cccc(C(F)(F)F)c3)c2C=N)CC1. The predicted molar refractivity (Wildman–Crippen MR) is 142 cm³/mol. The number of benzene rings is 1. The lowest BCUT2D eigenvalue weighted by Crippen LogP contribution is -2.53. The van der Waals surface area contributed by atoms with Gasteiger partial charge < -0.3 is 30.9 Å². The lowest BCUT2D eigenvalue weighted by Gasteiger charge is -2.45. The molecular weight excluding hydrogens is 495 g/mol. The van der Waals surface area contributed by atoms with Gasteiger partial charge >= 0.3 is 6.18 Å². The highest BCUT2D eigenvalue weighted by Gasteiger charge is 2.36. The van der Waals surface area contributed by atoms with Crippen LogP contribution in [0.25, 0.3) is 0 Å². The van der Waals surface area contributed by atoms with Crippen LogP contribution in [0.5, 0.6) is 0 Å². The molecule has 0 radical (unpaired) electrons. The number of aromatic nitrogens is 2. The molecule has 2 bridgehead atoms. The normalized spacial score (nSPS) is 24.4. The Morgan fingerprint density at radius 2 is 1.76 bits per heavy atom. The first-order chi connectivity index (χ1) is 18.0. The first kappa shape index (κ1) is 26.7. The number of fused-ring (bicyclic) bond motifs is 3. The van der Waals surface area contributed by atoms with Crippen molar-refractivity contribution in [2.45, 2.75) is 57.3 Å². The van der Waals surface area contributed by atoms with Crippen molar-refractivity contribution in [2.24, 2.45) is 11.8 Å². The largest absolute Gasteiger partial charge is 0.416 e. The van der Waals surface area contributed by atoms with Gasteiger partial charge in [0.25, 0.3) is 0 Å². The average molecular weight is 532 g/mol. The lowest BCUT2D eigenvalue weighted by molar-refractivity contribution is -0.137. The third-order valence-corrected chi connectivity index (χ3v) is 8.29. The minimum atomic E-state index is -4.47. The summed E-state index contributed by atoms with van der Waals surface area (Å²) < 4.78 is 40.0. The Morgan fingerprint density at radius 1 is 1.05 bits per heavy atom. The van der Waals surface area contributed by atoms with Crippen LogP contribution in [0.4, 0.5) is 36.4 Å². The van der Waals surface area contributed by atoms with Gasteiger partial charge in [0.05, 0.1) is 16.7 Å². The standard InChI is InChI=1S/C27H36F3N7O/c1-26(2,38)18-8-12-37(13-9-18)24-21(15-31)23(32-20-5-3-4-19(14-20)27(28,29)30)34-25(35-24)33-22-16-36-10-6-17(22)7-11-36/h3-5,14-15,17-18,22,31,38H,6-13,16H2,1-2H3,(H2,32,33,34,35)/t22-/m1/s1. The van der Waals surface area contributed by atoms with Crippen molar-refractivity contribution < 1.29 is 18.3 Å². The quantitative estimate of drug-likeness (QED) is 0.383. The Bertz CT molecular complexity index is 1150. The van der Waals surface area contributed by atoms with E-state index in [2.05, 4.69) is 25.4 Å². The van der Waals surface area contributed by atoms with E-state index in [0.717, 1.165) is 63.7 Å². The fourth-order valence-corrected chi connectivity index (χ4v) is 5.99. The van der Waals surface area contributed by atoms with Crippen molar-refractivity contribution in [3.63, 3.8) is 0 Å². The molecule has 4 N–H and O–H groups in total. The van der Waals surface area contributed by atoms with Crippen LogP contribution < -0.4 is 15.5 Å². The minimum absolute atomic E-state index is 0.149. The number of aliphatic hydroxyl groups is 1. The number of halogens is 3. The summed E-state index contributed by atoms with van der Waals surface area (Å²) in [6, 6.07) is 5.18. The van der Waals surface area contributed by atoms with E-state index in [1.165, 1.54) is 6.07 Å². The van der Waals surface area contributed by atoms with Crippen LogP contribution in [-0.2, 0) is 6.18 Å². The summed E-state index contributed by atoms with van der Waals surface area (Å²) in [5, 5.41) is 25.2. The molecule has 206 valence electrons. The second-order valence-electron chi connectivity index (χ2n) is 11.3. The molecule has 4 fully saturated rings. The van der Waals surface area contributed by atoms with Gasteiger partial charge in [-0.1, -0.05) is 6.07 Å². The van der Waals surface area contributed by atoms with Gasteiger partial charge in [-0.05, 0) is 82.7 Å². The molecule has 8 nitrogen and oxygen atoms in total. The number of nitrogens with one attached hydrogen (secondary N) is 3. The molecule has 0 aliphatic carbocycles. The first-order valence-corrected chi connectivity index (χ1v) is 13.3. The number of rotatable bonds is 7. The Labute approximate surface area is 221 Å². The summed E-state index contributed by atoms with van der Waals surface area (Å²) >= 11 is 0. The maximum absolute atomic E-state index is 13.3. The van der Waals surface area contributed by atoms with Crippen LogP contribution in [0.2, 0.25) is 0 Å². The molecule has 2 aromatic rings. The van der Waals surface area contributed by atoms with Gasteiger partial charge in [-0.15, -0.1) is 0 Å². The van der Waals surface area contributed by atoms with Gasteiger partial charge in [-0.3, -0.25) is 0 Å². The smallest absolute Gasteiger partial charge is 0.390 e. The summed E-state index contributed by atoms with van der Waals surface area (Å²) in [6.07, 6.45) is 0.455. The van der Waals surface area contributed by atoms with E-state index in [0.29, 0.717) is 36.3 Å². The molecule has 1 aromatic heterocycles. The van der Waals surface area contributed by atoms with Gasteiger partial charge in [0.1, 0.15) is 11.6 Å². The zero-order valence-electron chi connectivity index (χ0n) is 21.9. The second kappa shape index (κ2) is 10.3. The molecule has 5 heterocycles. The Balaban J connectivity index is 1.48. The molecule has 0 unspecified atom stereocenters. The van der Waals surface area contributed by atoms with Crippen molar-refractivity contribution in [1.29, 1.82) is 5.41 Å². The van der Waals surface area contributed by atoms with Gasteiger partial charge in [-0.2, -0.15) is 23.1 Å². The summed E-state index contributed by atoms with van der Waals surface area (Å²) in [4.78, 5) is 14.0. The van der Waals surface area contributed by atoms with Gasteiger partial charge in [0.15, 0.2) is 0 Å². The molecule has 1 atom stereocenters. The van der Waals surface area contributed by atoms with Gasteiger partial charge in [0.2, 0.25) is 5.95 Å². The topological polar surface area (TPSA) is 100 Å². The Kier molecular flexibility index (Phi) is 7.25. The molecule has 0 amide bonds. The van der Waals surface area contributed by atoms with E-state index in [1.807, 2.05) is 13.8 Å². The van der Waals surface area contributed by atoms with Crippen LogP contribution >= 0.6 is 0 Å². The fraction of sp³-hybridized carbons (Fsp3) is 0.593. The van der Waals surface area contributed by atoms with E-state index in [-0.39, 0.29) is 23.5 Å². The van der Waals surface area contributed by atoms with E-state index in [4.69, 9.17) is 10.4 Å². The summed E-state index contributed by atoms with van der Waals surface area (Å²) in [5.74, 6) is 1.94. The van der Waals surface area contributed by atoms with E-state index >= 15 is 0 Å². The zero-order chi connectivity index (χ0) is 27.1. The number of nitrogens with zero attached hydrogens (tertiary/aromatic N) is 4. The maximum atomic E-state index is 13.3. The molecule has 4 aliphatic rings. The molecule has 4 saturated heterocycles. The average Bonchev–Trinajstić information content (AvgIpc) is 2.88. The van der Waals surface area contributed by atoms with Crippen molar-refractivity contribution in [2.75, 3.05) is 48.3 Å². The summed E-state index contributed by atoms with van der Waals surface area (Å²) in [6.45, 7) is 8.05. The molecule has 11 heteroatoms. The van der Waals surface area contributed by atoms with E-state index in [9.17, 15) is 18.3 Å². The molecule has 38 heavy (non-hydrogen) atoms. The third kappa shape index (κ3) is 5.73. The van der Waals surface area contributed by atoms with Gasteiger partial charge in [-0.25, -0.2) is 0 Å². The Hall–Kier alpha value is -2.92. The van der Waals surface area contributed by atoms with Crippen molar-refractivity contribution in [1.82, 2.24) is 14.9 Å². The lowest BCUT2D eigenvalue weighted by atomic mass is 9.83. The number of hydrogen-bond acceptors (Lipinski definition) is 8. The fourth-order valence-electron chi connectivity index (χ4n) is 5.99. The van der Waals surface area contributed by atoms with Crippen molar-refractivity contribution >= 4 is 29.5 Å².